The first-order valence-electron chi connectivity index (χ1n) is 9.43. The highest BCUT2D eigenvalue weighted by Gasteiger charge is 2.31. The minimum atomic E-state index is -3.56. The number of fused-ring (bicyclic) bond motifs is 1. The molecule has 2 heterocycles. The Kier molecular flexibility index (Phi) is 4.99. The molecule has 0 amide bonds. The third-order valence-corrected chi connectivity index (χ3v) is 7.10. The molecule has 1 aromatic heterocycles. The third kappa shape index (κ3) is 3.33. The summed E-state index contributed by atoms with van der Waals surface area (Å²) in [5, 5.41) is 0. The molecule has 3 aromatic rings. The van der Waals surface area contributed by atoms with Gasteiger partial charge in [-0.1, -0.05) is 12.1 Å². The summed E-state index contributed by atoms with van der Waals surface area (Å²) in [7, 11) is -3.56. The molecule has 0 spiro atoms. The Bertz CT molecular complexity index is 1120. The first-order valence-corrected chi connectivity index (χ1v) is 10.9. The highest BCUT2D eigenvalue weighted by atomic mass is 32.2. The third-order valence-electron chi connectivity index (χ3n) is 5.19. The van der Waals surface area contributed by atoms with E-state index in [1.54, 1.807) is 28.8 Å². The van der Waals surface area contributed by atoms with Gasteiger partial charge in [-0.15, -0.1) is 0 Å². The van der Waals surface area contributed by atoms with E-state index in [4.69, 9.17) is 4.74 Å². The van der Waals surface area contributed by atoms with Crippen LogP contribution < -0.4 is 10.4 Å². The van der Waals surface area contributed by atoms with Crippen LogP contribution >= 0.6 is 0 Å². The standard InChI is InChI=1S/C20H23N3O4S/c1-2-27-16-7-9-17(10-8-16)28(25,26)22-13-11-15(12-14-22)23-19-6-4-3-5-18(19)21-20(23)24/h3-10,15H,2,11-14H2,1H3,(H,21,24). The van der Waals surface area contributed by atoms with Crippen LogP contribution in [0.5, 0.6) is 5.75 Å². The molecule has 8 heteroatoms. The summed E-state index contributed by atoms with van der Waals surface area (Å²) < 4.78 is 34.5. The van der Waals surface area contributed by atoms with Crippen molar-refractivity contribution in [2.75, 3.05) is 19.7 Å². The van der Waals surface area contributed by atoms with Crippen LogP contribution in [0.4, 0.5) is 0 Å². The van der Waals surface area contributed by atoms with Gasteiger partial charge in [0.05, 0.1) is 22.5 Å². The van der Waals surface area contributed by atoms with Crippen LogP contribution in [0, 0.1) is 0 Å². The lowest BCUT2D eigenvalue weighted by atomic mass is 10.1. The predicted octanol–water partition coefficient (Wildman–Crippen LogP) is 2.75. The number of imidazole rings is 1. The fourth-order valence-electron chi connectivity index (χ4n) is 3.80. The molecule has 0 saturated carbocycles. The molecule has 4 rings (SSSR count). The van der Waals surface area contributed by atoms with E-state index in [1.165, 1.54) is 4.31 Å². The number of nitrogens with one attached hydrogen (secondary N) is 1. The summed E-state index contributed by atoms with van der Waals surface area (Å²) in [5.74, 6) is 0.652. The molecule has 0 atom stereocenters. The Labute approximate surface area is 163 Å². The van der Waals surface area contributed by atoms with Crippen LogP contribution in [0.2, 0.25) is 0 Å². The van der Waals surface area contributed by atoms with Gasteiger partial charge in [0.15, 0.2) is 0 Å². The number of aromatic amines is 1. The van der Waals surface area contributed by atoms with Gasteiger partial charge in [-0.25, -0.2) is 13.2 Å². The number of hydrogen-bond donors (Lipinski definition) is 1. The maximum absolute atomic E-state index is 12.9. The van der Waals surface area contributed by atoms with Crippen molar-refractivity contribution in [2.24, 2.45) is 0 Å². The second-order valence-corrected chi connectivity index (χ2v) is 8.79. The monoisotopic (exact) mass is 401 g/mol. The molecule has 7 nitrogen and oxygen atoms in total. The van der Waals surface area contributed by atoms with E-state index < -0.39 is 10.0 Å². The SMILES string of the molecule is CCOc1ccc(S(=O)(=O)N2CCC(n3c(=O)[nH]c4ccccc43)CC2)cc1. The van der Waals surface area contributed by atoms with Gasteiger partial charge in [-0.3, -0.25) is 4.57 Å². The average molecular weight is 401 g/mol. The van der Waals surface area contributed by atoms with Crippen molar-refractivity contribution in [2.45, 2.75) is 30.7 Å². The van der Waals surface area contributed by atoms with E-state index in [-0.39, 0.29) is 16.6 Å². The molecule has 1 fully saturated rings. The van der Waals surface area contributed by atoms with Crippen LogP contribution in [0.25, 0.3) is 11.0 Å². The fourth-order valence-corrected chi connectivity index (χ4v) is 5.27. The molecule has 1 N–H and O–H groups in total. The highest BCUT2D eigenvalue weighted by molar-refractivity contribution is 7.89. The van der Waals surface area contributed by atoms with Crippen molar-refractivity contribution in [1.29, 1.82) is 0 Å². The van der Waals surface area contributed by atoms with E-state index in [0.717, 1.165) is 11.0 Å². The van der Waals surface area contributed by atoms with Crippen LogP contribution in [0.1, 0.15) is 25.8 Å². The number of nitrogens with zero attached hydrogens (tertiary/aromatic N) is 2. The summed E-state index contributed by atoms with van der Waals surface area (Å²) in [6, 6.07) is 14.1. The van der Waals surface area contributed by atoms with Gasteiger partial charge in [-0.2, -0.15) is 4.31 Å². The van der Waals surface area contributed by atoms with Gasteiger partial charge in [-0.05, 0) is 56.2 Å². The maximum Gasteiger partial charge on any atom is 0.326 e. The number of ether oxygens (including phenoxy) is 1. The van der Waals surface area contributed by atoms with Gasteiger partial charge in [0, 0.05) is 19.1 Å². The lowest BCUT2D eigenvalue weighted by Crippen LogP contribution is -2.40. The molecule has 148 valence electrons. The van der Waals surface area contributed by atoms with Gasteiger partial charge in [0.2, 0.25) is 10.0 Å². The predicted molar refractivity (Wildman–Crippen MR) is 107 cm³/mol. The zero-order chi connectivity index (χ0) is 19.7. The molecule has 0 radical (unpaired) electrons. The minimum absolute atomic E-state index is 0.0181. The number of benzene rings is 2. The van der Waals surface area contributed by atoms with Crippen molar-refractivity contribution in [1.82, 2.24) is 13.9 Å². The largest absolute Gasteiger partial charge is 0.494 e. The summed E-state index contributed by atoms with van der Waals surface area (Å²) in [6.45, 7) is 3.18. The van der Waals surface area contributed by atoms with E-state index in [9.17, 15) is 13.2 Å². The van der Waals surface area contributed by atoms with Crippen molar-refractivity contribution < 1.29 is 13.2 Å². The molecule has 0 bridgehead atoms. The number of sulfonamides is 1. The van der Waals surface area contributed by atoms with Crippen molar-refractivity contribution in [3.05, 3.63) is 59.0 Å². The number of H-pyrrole nitrogens is 1. The zero-order valence-electron chi connectivity index (χ0n) is 15.7. The van der Waals surface area contributed by atoms with Gasteiger partial charge >= 0.3 is 5.69 Å². The van der Waals surface area contributed by atoms with E-state index in [0.29, 0.717) is 38.3 Å². The number of rotatable bonds is 5. The summed E-state index contributed by atoms with van der Waals surface area (Å²) >= 11 is 0. The summed E-state index contributed by atoms with van der Waals surface area (Å²) in [4.78, 5) is 15.5. The Morgan fingerprint density at radius 3 is 2.43 bits per heavy atom. The van der Waals surface area contributed by atoms with Gasteiger partial charge in [0.1, 0.15) is 5.75 Å². The number of aromatic nitrogens is 2. The first-order chi connectivity index (χ1) is 13.5. The molecular weight excluding hydrogens is 378 g/mol. The molecule has 1 aliphatic heterocycles. The second kappa shape index (κ2) is 7.44. The maximum atomic E-state index is 12.9. The van der Waals surface area contributed by atoms with Gasteiger partial charge in [0.25, 0.3) is 0 Å². The average Bonchev–Trinajstić information content (AvgIpc) is 3.04. The lowest BCUT2D eigenvalue weighted by Gasteiger charge is -2.31. The van der Waals surface area contributed by atoms with Crippen molar-refractivity contribution in [3.8, 4) is 5.75 Å². The molecule has 1 saturated heterocycles. The van der Waals surface area contributed by atoms with Gasteiger partial charge < -0.3 is 9.72 Å². The van der Waals surface area contributed by atoms with Crippen molar-refractivity contribution in [3.63, 3.8) is 0 Å². The quantitative estimate of drug-likeness (QED) is 0.712. The van der Waals surface area contributed by atoms with Crippen LogP contribution in [-0.2, 0) is 10.0 Å². The topological polar surface area (TPSA) is 84.4 Å². The molecule has 28 heavy (non-hydrogen) atoms. The Morgan fingerprint density at radius 2 is 1.75 bits per heavy atom. The van der Waals surface area contributed by atoms with E-state index in [1.807, 2.05) is 31.2 Å². The molecule has 2 aromatic carbocycles. The minimum Gasteiger partial charge on any atom is -0.494 e. The lowest BCUT2D eigenvalue weighted by molar-refractivity contribution is 0.274. The normalized spacial score (nSPS) is 16.5. The fraction of sp³-hybridized carbons (Fsp3) is 0.350. The van der Waals surface area contributed by atoms with Crippen LogP contribution in [-0.4, -0.2) is 42.0 Å². The van der Waals surface area contributed by atoms with E-state index >= 15 is 0 Å². The van der Waals surface area contributed by atoms with Crippen LogP contribution in [0.15, 0.2) is 58.2 Å². The zero-order valence-corrected chi connectivity index (χ0v) is 16.5. The molecular formula is C20H23N3O4S. The molecule has 0 aliphatic carbocycles. The summed E-state index contributed by atoms with van der Waals surface area (Å²) in [5.41, 5.74) is 1.52. The first kappa shape index (κ1) is 18.8. The summed E-state index contributed by atoms with van der Waals surface area (Å²) in [6.07, 6.45) is 1.19. The number of para-hydroxylation sites is 2. The van der Waals surface area contributed by atoms with E-state index in [2.05, 4.69) is 4.98 Å². The van der Waals surface area contributed by atoms with Crippen LogP contribution in [0.3, 0.4) is 0 Å². The number of piperidine rings is 1. The van der Waals surface area contributed by atoms with Crippen molar-refractivity contribution >= 4 is 21.1 Å². The Morgan fingerprint density at radius 1 is 1.07 bits per heavy atom. The Balaban J connectivity index is 1.51. The smallest absolute Gasteiger partial charge is 0.326 e. The molecule has 1 aliphatic rings. The Hall–Kier alpha value is -2.58. The highest BCUT2D eigenvalue weighted by Crippen LogP contribution is 2.28. The number of hydrogen-bond acceptors (Lipinski definition) is 4. The molecule has 0 unspecified atom stereocenters. The second-order valence-electron chi connectivity index (χ2n) is 6.86.